The summed E-state index contributed by atoms with van der Waals surface area (Å²) in [6, 6.07) is -0.160. The topological polar surface area (TPSA) is 76.3 Å². The third-order valence-corrected chi connectivity index (χ3v) is 5.48. The Labute approximate surface area is 99.3 Å². The summed E-state index contributed by atoms with van der Waals surface area (Å²) in [5, 5.41) is 2.36. The molecule has 2 N–H and O–H groups in total. The smallest absolute Gasteiger partial charge is 0.237 e. The van der Waals surface area contributed by atoms with E-state index in [9.17, 15) is 8.42 Å². The zero-order chi connectivity index (χ0) is 11.9. The van der Waals surface area contributed by atoms with Crippen molar-refractivity contribution in [2.75, 3.05) is 16.6 Å². The molecule has 0 spiro atoms. The quantitative estimate of drug-likeness (QED) is 0.860. The number of anilines is 1. The maximum Gasteiger partial charge on any atom is 0.237 e. The molecule has 1 aliphatic rings. The normalized spacial score (nSPS) is 25.9. The third kappa shape index (κ3) is 2.07. The first kappa shape index (κ1) is 11.8. The molecule has 0 bridgehead atoms. The number of nitrogens with two attached hydrogens (primary N) is 1. The monoisotopic (exact) mass is 261 g/mol. The van der Waals surface area contributed by atoms with E-state index in [0.29, 0.717) is 11.7 Å². The van der Waals surface area contributed by atoms with E-state index >= 15 is 0 Å². The van der Waals surface area contributed by atoms with Gasteiger partial charge >= 0.3 is 0 Å². The van der Waals surface area contributed by atoms with Crippen LogP contribution in [0, 0.1) is 5.92 Å². The van der Waals surface area contributed by atoms with Crippen LogP contribution in [0.25, 0.3) is 0 Å². The van der Waals surface area contributed by atoms with Gasteiger partial charge in [-0.15, -0.1) is 11.3 Å². The van der Waals surface area contributed by atoms with Gasteiger partial charge in [0.1, 0.15) is 0 Å². The Morgan fingerprint density at radius 3 is 2.81 bits per heavy atom. The zero-order valence-electron chi connectivity index (χ0n) is 9.25. The van der Waals surface area contributed by atoms with Crippen molar-refractivity contribution in [3.8, 4) is 0 Å². The predicted octanol–water partition coefficient (Wildman–Crippen LogP) is 0.949. The van der Waals surface area contributed by atoms with Crippen LogP contribution in [0.3, 0.4) is 0 Å². The van der Waals surface area contributed by atoms with Crippen LogP contribution >= 0.6 is 11.3 Å². The maximum absolute atomic E-state index is 11.8. The van der Waals surface area contributed by atoms with Crippen molar-refractivity contribution in [3.05, 3.63) is 11.1 Å². The summed E-state index contributed by atoms with van der Waals surface area (Å²) in [4.78, 5) is 4.26. The van der Waals surface area contributed by atoms with Gasteiger partial charge in [0.25, 0.3) is 0 Å². The van der Waals surface area contributed by atoms with Crippen LogP contribution in [-0.2, 0) is 10.0 Å². The van der Waals surface area contributed by atoms with Gasteiger partial charge in [0.05, 0.1) is 11.4 Å². The lowest BCUT2D eigenvalue weighted by Gasteiger charge is -2.12. The largest absolute Gasteiger partial charge is 0.323 e. The van der Waals surface area contributed by atoms with Crippen molar-refractivity contribution in [1.82, 2.24) is 4.98 Å². The van der Waals surface area contributed by atoms with Crippen molar-refractivity contribution in [2.45, 2.75) is 19.9 Å². The van der Waals surface area contributed by atoms with E-state index in [2.05, 4.69) is 4.98 Å². The van der Waals surface area contributed by atoms with E-state index in [4.69, 9.17) is 5.73 Å². The van der Waals surface area contributed by atoms with Crippen LogP contribution in [0.5, 0.6) is 0 Å². The van der Waals surface area contributed by atoms with E-state index in [1.54, 1.807) is 0 Å². The van der Waals surface area contributed by atoms with Crippen molar-refractivity contribution < 1.29 is 8.42 Å². The Kier molecular flexibility index (Phi) is 2.93. The molecule has 2 heterocycles. The highest BCUT2D eigenvalue weighted by atomic mass is 32.2. The number of hydrogen-bond donors (Lipinski definition) is 1. The Morgan fingerprint density at radius 2 is 2.38 bits per heavy atom. The fourth-order valence-corrected chi connectivity index (χ4v) is 4.77. The van der Waals surface area contributed by atoms with E-state index in [-0.39, 0.29) is 17.7 Å². The second-order valence-corrected chi connectivity index (χ2v) is 7.03. The Morgan fingerprint density at radius 1 is 1.69 bits per heavy atom. The number of nitrogens with zero attached hydrogens (tertiary/aromatic N) is 2. The highest BCUT2D eigenvalue weighted by Gasteiger charge is 2.35. The maximum atomic E-state index is 11.8. The molecule has 2 atom stereocenters. The molecule has 5 nitrogen and oxygen atoms in total. The lowest BCUT2D eigenvalue weighted by molar-refractivity contribution is 0.598. The summed E-state index contributed by atoms with van der Waals surface area (Å²) in [6.45, 7) is 4.28. The highest BCUT2D eigenvalue weighted by molar-refractivity contribution is 7.93. The van der Waals surface area contributed by atoms with Gasteiger partial charge < -0.3 is 5.73 Å². The van der Waals surface area contributed by atoms with Crippen LogP contribution in [-0.4, -0.2) is 25.7 Å². The van der Waals surface area contributed by atoms with E-state index in [1.165, 1.54) is 15.6 Å². The molecule has 1 aromatic rings. The molecular weight excluding hydrogens is 246 g/mol. The standard InChI is InChI=1S/C9H15N3O2S2/c1-6-3-12(16(13,14)5-6)9-11-8(4-15-9)7(2)10/h4,6-7H,3,5,10H2,1-2H3. The summed E-state index contributed by atoms with van der Waals surface area (Å²) >= 11 is 1.34. The minimum Gasteiger partial charge on any atom is -0.323 e. The van der Waals surface area contributed by atoms with Gasteiger partial charge in [-0.3, -0.25) is 0 Å². The summed E-state index contributed by atoms with van der Waals surface area (Å²) < 4.78 is 25.0. The second kappa shape index (κ2) is 3.97. The SMILES string of the molecule is CC1CN(c2nc(C(C)N)cs2)S(=O)(=O)C1. The molecule has 2 rings (SSSR count). The predicted molar refractivity (Wildman–Crippen MR) is 65.0 cm³/mol. The summed E-state index contributed by atoms with van der Waals surface area (Å²) in [5.74, 6) is 0.368. The van der Waals surface area contributed by atoms with Crippen molar-refractivity contribution in [1.29, 1.82) is 0 Å². The van der Waals surface area contributed by atoms with Crippen LogP contribution in [0.1, 0.15) is 25.6 Å². The molecule has 1 fully saturated rings. The minimum atomic E-state index is -3.16. The Bertz CT molecular complexity index is 481. The first-order chi connectivity index (χ1) is 7.40. The second-order valence-electron chi connectivity index (χ2n) is 4.26. The zero-order valence-corrected chi connectivity index (χ0v) is 10.9. The molecule has 0 aliphatic carbocycles. The van der Waals surface area contributed by atoms with Crippen molar-refractivity contribution >= 4 is 26.5 Å². The number of aromatic nitrogens is 1. The summed E-state index contributed by atoms with van der Waals surface area (Å²) in [7, 11) is -3.16. The number of thiazole rings is 1. The van der Waals surface area contributed by atoms with Crippen LogP contribution in [0.2, 0.25) is 0 Å². The molecule has 90 valence electrons. The molecule has 2 unspecified atom stereocenters. The molecule has 1 saturated heterocycles. The molecular formula is C9H15N3O2S2. The van der Waals surface area contributed by atoms with E-state index in [0.717, 1.165) is 5.69 Å². The average molecular weight is 261 g/mol. The van der Waals surface area contributed by atoms with Crippen molar-refractivity contribution in [3.63, 3.8) is 0 Å². The fraction of sp³-hybridized carbons (Fsp3) is 0.667. The fourth-order valence-electron chi connectivity index (χ4n) is 1.70. The van der Waals surface area contributed by atoms with Gasteiger partial charge in [0, 0.05) is 18.0 Å². The molecule has 0 radical (unpaired) electrons. The van der Waals surface area contributed by atoms with Gasteiger partial charge in [0.2, 0.25) is 10.0 Å². The Hall–Kier alpha value is -0.660. The first-order valence-electron chi connectivity index (χ1n) is 5.11. The number of sulfonamides is 1. The van der Waals surface area contributed by atoms with Gasteiger partial charge in [0.15, 0.2) is 5.13 Å². The van der Waals surface area contributed by atoms with Crippen LogP contribution in [0.15, 0.2) is 5.38 Å². The van der Waals surface area contributed by atoms with Crippen molar-refractivity contribution in [2.24, 2.45) is 11.7 Å². The molecule has 7 heteroatoms. The third-order valence-electron chi connectivity index (χ3n) is 2.50. The van der Waals surface area contributed by atoms with E-state index in [1.807, 2.05) is 19.2 Å². The number of hydrogen-bond acceptors (Lipinski definition) is 5. The van der Waals surface area contributed by atoms with Gasteiger partial charge in [-0.05, 0) is 12.8 Å². The number of rotatable bonds is 2. The van der Waals surface area contributed by atoms with Gasteiger partial charge in [-0.2, -0.15) is 0 Å². The molecule has 0 amide bonds. The molecule has 1 aliphatic heterocycles. The minimum absolute atomic E-state index is 0.160. The van der Waals surface area contributed by atoms with Gasteiger partial charge in [-0.25, -0.2) is 17.7 Å². The molecule has 16 heavy (non-hydrogen) atoms. The lowest BCUT2D eigenvalue weighted by Crippen LogP contribution is -2.25. The first-order valence-corrected chi connectivity index (χ1v) is 7.60. The average Bonchev–Trinajstić information content (AvgIpc) is 2.69. The summed E-state index contributed by atoms with van der Waals surface area (Å²) in [5.41, 5.74) is 6.44. The van der Waals surface area contributed by atoms with Crippen LogP contribution in [0.4, 0.5) is 5.13 Å². The van der Waals surface area contributed by atoms with Gasteiger partial charge in [-0.1, -0.05) is 6.92 Å². The Balaban J connectivity index is 2.31. The molecule has 0 saturated carbocycles. The summed E-state index contributed by atoms with van der Waals surface area (Å²) in [6.07, 6.45) is 0. The van der Waals surface area contributed by atoms with Crippen LogP contribution < -0.4 is 10.0 Å². The molecule has 1 aromatic heterocycles. The molecule has 0 aromatic carbocycles. The van der Waals surface area contributed by atoms with E-state index < -0.39 is 10.0 Å². The highest BCUT2D eigenvalue weighted by Crippen LogP contribution is 2.30. The lowest BCUT2D eigenvalue weighted by atomic mass is 10.2.